The minimum Gasteiger partial charge on any atom is -0.463 e. The summed E-state index contributed by atoms with van der Waals surface area (Å²) in [5, 5.41) is 0.860. The van der Waals surface area contributed by atoms with Gasteiger partial charge in [0.15, 0.2) is 0 Å². The first-order chi connectivity index (χ1) is 10.2. The van der Waals surface area contributed by atoms with Crippen molar-refractivity contribution in [2.45, 2.75) is 6.61 Å². The Hall–Kier alpha value is -2.60. The van der Waals surface area contributed by atoms with Gasteiger partial charge in [0.05, 0.1) is 19.3 Å². The zero-order valence-corrected chi connectivity index (χ0v) is 11.6. The second-order valence-electron chi connectivity index (χ2n) is 4.36. The van der Waals surface area contributed by atoms with Crippen LogP contribution in [-0.4, -0.2) is 25.2 Å². The lowest BCUT2D eigenvalue weighted by Crippen LogP contribution is -2.04. The molecule has 0 unspecified atom stereocenters. The Morgan fingerprint density at radius 1 is 1.29 bits per heavy atom. The molecule has 0 N–H and O–H groups in total. The number of para-hydroxylation sites is 1. The molecule has 6 heteroatoms. The van der Waals surface area contributed by atoms with Gasteiger partial charge in [-0.3, -0.25) is 0 Å². The van der Waals surface area contributed by atoms with E-state index in [-0.39, 0.29) is 12.4 Å². The zero-order valence-electron chi connectivity index (χ0n) is 11.6. The van der Waals surface area contributed by atoms with Crippen LogP contribution in [0.2, 0.25) is 0 Å². The number of ether oxygens (including phenoxy) is 2. The van der Waals surface area contributed by atoms with Crippen LogP contribution in [0.3, 0.4) is 0 Å². The standard InChI is InChI=1S/C15H13NO5/c1-18-8-11-13(15(17)19-2)21-14(16-11)10-7-20-12-6-4-3-5-9(10)12/h3-7H,8H2,1-2H3. The highest BCUT2D eigenvalue weighted by atomic mass is 16.5. The summed E-state index contributed by atoms with van der Waals surface area (Å²) in [4.78, 5) is 16.0. The molecule has 0 aliphatic heterocycles. The molecule has 6 nitrogen and oxygen atoms in total. The van der Waals surface area contributed by atoms with Crippen molar-refractivity contribution in [3.05, 3.63) is 42.0 Å². The molecule has 0 amide bonds. The van der Waals surface area contributed by atoms with E-state index in [4.69, 9.17) is 13.6 Å². The molecule has 21 heavy (non-hydrogen) atoms. The molecule has 0 aliphatic carbocycles. The normalized spacial score (nSPS) is 11.0. The van der Waals surface area contributed by atoms with Crippen molar-refractivity contribution in [1.82, 2.24) is 4.98 Å². The molecule has 2 aromatic heterocycles. The molecule has 0 saturated carbocycles. The smallest absolute Gasteiger partial charge is 0.376 e. The second-order valence-corrected chi connectivity index (χ2v) is 4.36. The Labute approximate surface area is 120 Å². The summed E-state index contributed by atoms with van der Waals surface area (Å²) in [7, 11) is 2.80. The van der Waals surface area contributed by atoms with Crippen molar-refractivity contribution >= 4 is 16.9 Å². The summed E-state index contributed by atoms with van der Waals surface area (Å²) in [6.07, 6.45) is 1.55. The van der Waals surface area contributed by atoms with Gasteiger partial charge in [-0.15, -0.1) is 0 Å². The molecule has 3 aromatic rings. The molecule has 0 saturated heterocycles. The number of oxazole rings is 1. The van der Waals surface area contributed by atoms with E-state index in [9.17, 15) is 4.79 Å². The fraction of sp³-hybridized carbons (Fsp3) is 0.200. The van der Waals surface area contributed by atoms with E-state index >= 15 is 0 Å². The molecule has 0 aliphatic rings. The lowest BCUT2D eigenvalue weighted by molar-refractivity contribution is 0.0559. The Balaban J connectivity index is 2.12. The topological polar surface area (TPSA) is 74.7 Å². The van der Waals surface area contributed by atoms with E-state index in [1.54, 1.807) is 6.26 Å². The van der Waals surface area contributed by atoms with E-state index in [0.29, 0.717) is 17.1 Å². The van der Waals surface area contributed by atoms with Crippen molar-refractivity contribution in [2.75, 3.05) is 14.2 Å². The quantitative estimate of drug-likeness (QED) is 0.687. The molecular weight excluding hydrogens is 274 g/mol. The highest BCUT2D eigenvalue weighted by Gasteiger charge is 2.23. The van der Waals surface area contributed by atoms with Gasteiger partial charge >= 0.3 is 5.97 Å². The number of hydrogen-bond acceptors (Lipinski definition) is 6. The van der Waals surface area contributed by atoms with Gasteiger partial charge in [-0.05, 0) is 6.07 Å². The maximum absolute atomic E-state index is 11.7. The van der Waals surface area contributed by atoms with Crippen LogP contribution in [0.1, 0.15) is 16.2 Å². The fourth-order valence-electron chi connectivity index (χ4n) is 2.10. The molecule has 1 aromatic carbocycles. The summed E-state index contributed by atoms with van der Waals surface area (Å²) in [5.74, 6) is -0.249. The number of nitrogens with zero attached hydrogens (tertiary/aromatic N) is 1. The van der Waals surface area contributed by atoms with Gasteiger partial charge in [0, 0.05) is 12.5 Å². The van der Waals surface area contributed by atoms with Crippen LogP contribution >= 0.6 is 0 Å². The van der Waals surface area contributed by atoms with Crippen LogP contribution in [0.5, 0.6) is 0 Å². The van der Waals surface area contributed by atoms with Gasteiger partial charge < -0.3 is 18.3 Å². The largest absolute Gasteiger partial charge is 0.463 e. The summed E-state index contributed by atoms with van der Waals surface area (Å²) < 4.78 is 20.7. The van der Waals surface area contributed by atoms with Crippen LogP contribution in [0.15, 0.2) is 39.4 Å². The van der Waals surface area contributed by atoms with Crippen LogP contribution < -0.4 is 0 Å². The van der Waals surface area contributed by atoms with Crippen molar-refractivity contribution < 1.29 is 23.1 Å². The molecule has 0 fully saturated rings. The highest BCUT2D eigenvalue weighted by Crippen LogP contribution is 2.31. The van der Waals surface area contributed by atoms with E-state index < -0.39 is 5.97 Å². The number of furan rings is 1. The monoisotopic (exact) mass is 287 g/mol. The maximum atomic E-state index is 11.7. The number of aromatic nitrogens is 1. The van der Waals surface area contributed by atoms with Gasteiger partial charge in [0.2, 0.25) is 11.7 Å². The molecule has 2 heterocycles. The second kappa shape index (κ2) is 5.41. The SMILES string of the molecule is COCc1nc(-c2coc3ccccc23)oc1C(=O)OC. The molecule has 0 atom stereocenters. The van der Waals surface area contributed by atoms with Gasteiger partial charge in [0.1, 0.15) is 17.5 Å². The number of benzene rings is 1. The van der Waals surface area contributed by atoms with Crippen LogP contribution in [-0.2, 0) is 16.1 Å². The average molecular weight is 287 g/mol. The van der Waals surface area contributed by atoms with E-state index in [0.717, 1.165) is 11.0 Å². The molecule has 0 radical (unpaired) electrons. The molecule has 0 bridgehead atoms. The third kappa shape index (κ3) is 2.30. The first kappa shape index (κ1) is 13.4. The third-order valence-electron chi connectivity index (χ3n) is 3.06. The van der Waals surface area contributed by atoms with Crippen molar-refractivity contribution in [1.29, 1.82) is 0 Å². The van der Waals surface area contributed by atoms with Crippen molar-refractivity contribution in [3.8, 4) is 11.5 Å². The lowest BCUT2D eigenvalue weighted by Gasteiger charge is -1.96. The minimum absolute atomic E-state index is 0.0413. The average Bonchev–Trinajstić information content (AvgIpc) is 3.10. The van der Waals surface area contributed by atoms with Crippen molar-refractivity contribution in [3.63, 3.8) is 0 Å². The van der Waals surface area contributed by atoms with E-state index in [1.165, 1.54) is 14.2 Å². The summed E-state index contributed by atoms with van der Waals surface area (Å²) in [5.41, 5.74) is 1.79. The number of rotatable bonds is 4. The van der Waals surface area contributed by atoms with Gasteiger partial charge in [-0.1, -0.05) is 18.2 Å². The van der Waals surface area contributed by atoms with Crippen LogP contribution in [0, 0.1) is 0 Å². The van der Waals surface area contributed by atoms with Gasteiger partial charge in [-0.2, -0.15) is 0 Å². The van der Waals surface area contributed by atoms with Crippen LogP contribution in [0.25, 0.3) is 22.4 Å². The van der Waals surface area contributed by atoms with E-state index in [2.05, 4.69) is 9.72 Å². The summed E-state index contributed by atoms with van der Waals surface area (Å²) >= 11 is 0. The maximum Gasteiger partial charge on any atom is 0.376 e. The number of methoxy groups -OCH3 is 2. The minimum atomic E-state index is -0.589. The Morgan fingerprint density at radius 3 is 2.86 bits per heavy atom. The molecular formula is C15H13NO5. The number of carbonyl (C=O) groups excluding carboxylic acids is 1. The van der Waals surface area contributed by atoms with Crippen LogP contribution in [0.4, 0.5) is 0 Å². The predicted molar refractivity (Wildman–Crippen MR) is 73.8 cm³/mol. The third-order valence-corrected chi connectivity index (χ3v) is 3.06. The lowest BCUT2D eigenvalue weighted by atomic mass is 10.2. The number of carbonyl (C=O) groups is 1. The predicted octanol–water partition coefficient (Wildman–Crippen LogP) is 3.02. The Bertz CT molecular complexity index is 786. The highest BCUT2D eigenvalue weighted by molar-refractivity contribution is 5.93. The molecule has 3 rings (SSSR count). The first-order valence-corrected chi connectivity index (χ1v) is 6.28. The molecule has 0 spiro atoms. The number of esters is 1. The molecule has 108 valence electrons. The van der Waals surface area contributed by atoms with Crippen molar-refractivity contribution in [2.24, 2.45) is 0 Å². The van der Waals surface area contributed by atoms with Gasteiger partial charge in [-0.25, -0.2) is 9.78 Å². The first-order valence-electron chi connectivity index (χ1n) is 6.28. The number of fused-ring (bicyclic) bond motifs is 1. The summed E-state index contributed by atoms with van der Waals surface area (Å²) in [6.45, 7) is 0.156. The van der Waals surface area contributed by atoms with E-state index in [1.807, 2.05) is 24.3 Å². The Morgan fingerprint density at radius 2 is 2.10 bits per heavy atom. The van der Waals surface area contributed by atoms with Gasteiger partial charge in [0.25, 0.3) is 0 Å². The summed E-state index contributed by atoms with van der Waals surface area (Å²) in [6, 6.07) is 7.51. The fourth-order valence-corrected chi connectivity index (χ4v) is 2.10. The Kier molecular flexibility index (Phi) is 3.45. The zero-order chi connectivity index (χ0) is 14.8. The number of hydrogen-bond donors (Lipinski definition) is 0.